The van der Waals surface area contributed by atoms with E-state index in [1.165, 1.54) is 37.7 Å². The molecule has 0 aliphatic heterocycles. The van der Waals surface area contributed by atoms with Gasteiger partial charge in [0, 0.05) is 30.3 Å². The maximum absolute atomic E-state index is 12.7. The summed E-state index contributed by atoms with van der Waals surface area (Å²) in [5, 5.41) is 11.0. The average molecular weight is 387 g/mol. The molecule has 0 fully saturated rings. The first-order valence-corrected chi connectivity index (χ1v) is 8.88. The van der Waals surface area contributed by atoms with Crippen molar-refractivity contribution in [2.45, 2.75) is 13.5 Å². The molecule has 1 amide bonds. The number of non-ortho nitro benzene ring substituents is 1. The maximum Gasteiger partial charge on any atom is 0.279 e. The molecule has 1 heterocycles. The van der Waals surface area contributed by atoms with Crippen LogP contribution in [0.1, 0.15) is 17.3 Å². The molecule has 2 aromatic carbocycles. The summed E-state index contributed by atoms with van der Waals surface area (Å²) in [6, 6.07) is 9.45. The van der Waals surface area contributed by atoms with Gasteiger partial charge in [-0.3, -0.25) is 14.9 Å². The number of fused-ring (bicyclic) bond motifs is 1. The van der Waals surface area contributed by atoms with E-state index in [1.54, 1.807) is 24.3 Å². The van der Waals surface area contributed by atoms with Crippen LogP contribution in [-0.2, 0) is 6.54 Å². The number of thiazole rings is 1. The third-order valence-electron chi connectivity index (χ3n) is 3.99. The third-order valence-corrected chi connectivity index (χ3v) is 5.03. The van der Waals surface area contributed by atoms with Crippen LogP contribution in [0.2, 0.25) is 0 Å². The van der Waals surface area contributed by atoms with Gasteiger partial charge in [0.05, 0.1) is 29.4 Å². The molecule has 0 spiro atoms. The van der Waals surface area contributed by atoms with Gasteiger partial charge < -0.3 is 14.0 Å². The first kappa shape index (κ1) is 18.6. The van der Waals surface area contributed by atoms with Crippen LogP contribution >= 0.6 is 11.3 Å². The SMILES string of the molecule is CCn1c(=NC(=O)c2cc(OC)cc(OC)c2)sc2cc([N+](=O)[O-])ccc21. The quantitative estimate of drug-likeness (QED) is 0.494. The van der Waals surface area contributed by atoms with Crippen molar-refractivity contribution in [2.24, 2.45) is 4.99 Å². The maximum atomic E-state index is 12.7. The largest absolute Gasteiger partial charge is 0.497 e. The molecule has 0 aliphatic carbocycles. The molecule has 0 N–H and O–H groups in total. The zero-order chi connectivity index (χ0) is 19.6. The molecule has 8 nitrogen and oxygen atoms in total. The number of rotatable bonds is 5. The zero-order valence-electron chi connectivity index (χ0n) is 15.0. The highest BCUT2D eigenvalue weighted by Crippen LogP contribution is 2.25. The summed E-state index contributed by atoms with van der Waals surface area (Å²) in [7, 11) is 3.01. The lowest BCUT2D eigenvalue weighted by molar-refractivity contribution is -0.384. The number of amides is 1. The number of hydrogen-bond donors (Lipinski definition) is 0. The van der Waals surface area contributed by atoms with Crippen LogP contribution in [0.5, 0.6) is 11.5 Å². The molecule has 0 bridgehead atoms. The van der Waals surface area contributed by atoms with Crippen molar-refractivity contribution in [3.8, 4) is 11.5 Å². The van der Waals surface area contributed by atoms with Gasteiger partial charge in [0.25, 0.3) is 11.6 Å². The standard InChI is InChI=1S/C18H17N3O5S/c1-4-20-15-6-5-12(21(23)24)9-16(15)27-18(20)19-17(22)11-7-13(25-2)10-14(8-11)26-3/h5-10H,4H2,1-3H3. The molecule has 3 rings (SSSR count). The molecule has 27 heavy (non-hydrogen) atoms. The van der Waals surface area contributed by atoms with Crippen molar-refractivity contribution < 1.29 is 19.2 Å². The first-order valence-electron chi connectivity index (χ1n) is 8.06. The van der Waals surface area contributed by atoms with Gasteiger partial charge in [0.2, 0.25) is 0 Å². The Morgan fingerprint density at radius 2 is 1.85 bits per heavy atom. The van der Waals surface area contributed by atoms with Crippen molar-refractivity contribution >= 4 is 33.1 Å². The van der Waals surface area contributed by atoms with Crippen molar-refractivity contribution in [1.82, 2.24) is 4.57 Å². The van der Waals surface area contributed by atoms with Crippen molar-refractivity contribution in [3.05, 3.63) is 56.9 Å². The number of carbonyl (C=O) groups excluding carboxylic acids is 1. The molecule has 0 saturated heterocycles. The van der Waals surface area contributed by atoms with Crippen LogP contribution in [0.15, 0.2) is 41.4 Å². The summed E-state index contributed by atoms with van der Waals surface area (Å²) in [5.74, 6) is 0.530. The Bertz CT molecular complexity index is 1080. The summed E-state index contributed by atoms with van der Waals surface area (Å²) in [4.78, 5) is 27.9. The van der Waals surface area contributed by atoms with Crippen LogP contribution in [0.4, 0.5) is 5.69 Å². The Labute approximate surface area is 158 Å². The normalized spacial score (nSPS) is 11.6. The van der Waals surface area contributed by atoms with Crippen molar-refractivity contribution in [1.29, 1.82) is 0 Å². The summed E-state index contributed by atoms with van der Waals surface area (Å²) in [6.45, 7) is 2.50. The van der Waals surface area contributed by atoms with Gasteiger partial charge in [-0.25, -0.2) is 0 Å². The van der Waals surface area contributed by atoms with E-state index < -0.39 is 10.8 Å². The van der Waals surface area contributed by atoms with Gasteiger partial charge in [-0.15, -0.1) is 0 Å². The van der Waals surface area contributed by atoms with E-state index in [0.29, 0.717) is 33.1 Å². The van der Waals surface area contributed by atoms with Crippen molar-refractivity contribution in [3.63, 3.8) is 0 Å². The van der Waals surface area contributed by atoms with Crippen LogP contribution in [0.3, 0.4) is 0 Å². The van der Waals surface area contributed by atoms with E-state index >= 15 is 0 Å². The summed E-state index contributed by atoms with van der Waals surface area (Å²) in [6.07, 6.45) is 0. The molecule has 0 unspecified atom stereocenters. The number of ether oxygens (including phenoxy) is 2. The summed E-state index contributed by atoms with van der Waals surface area (Å²) >= 11 is 1.23. The number of nitrogens with zero attached hydrogens (tertiary/aromatic N) is 3. The minimum atomic E-state index is -0.449. The summed E-state index contributed by atoms with van der Waals surface area (Å²) < 4.78 is 12.9. The minimum Gasteiger partial charge on any atom is -0.497 e. The molecule has 0 atom stereocenters. The lowest BCUT2D eigenvalue weighted by Gasteiger charge is -2.06. The molecule has 9 heteroatoms. The Balaban J connectivity index is 2.12. The fourth-order valence-electron chi connectivity index (χ4n) is 2.65. The molecule has 0 radical (unpaired) electrons. The van der Waals surface area contributed by atoms with E-state index in [2.05, 4.69) is 4.99 Å². The number of nitro benzene ring substituents is 1. The van der Waals surface area contributed by atoms with Gasteiger partial charge >= 0.3 is 0 Å². The lowest BCUT2D eigenvalue weighted by atomic mass is 10.2. The Hall–Kier alpha value is -3.20. The molecule has 1 aromatic heterocycles. The number of aryl methyl sites for hydroxylation is 1. The Morgan fingerprint density at radius 1 is 1.19 bits per heavy atom. The summed E-state index contributed by atoms with van der Waals surface area (Å²) in [5.41, 5.74) is 1.13. The molecular weight excluding hydrogens is 370 g/mol. The fourth-order valence-corrected chi connectivity index (χ4v) is 3.77. The van der Waals surface area contributed by atoms with Crippen molar-refractivity contribution in [2.75, 3.05) is 14.2 Å². The third kappa shape index (κ3) is 3.68. The predicted molar refractivity (Wildman–Crippen MR) is 102 cm³/mol. The molecule has 140 valence electrons. The second kappa shape index (κ2) is 7.58. The van der Waals surface area contributed by atoms with Crippen LogP contribution in [0, 0.1) is 10.1 Å². The second-order valence-electron chi connectivity index (χ2n) is 5.56. The van der Waals surface area contributed by atoms with Crippen LogP contribution in [0.25, 0.3) is 10.2 Å². The van der Waals surface area contributed by atoms with Gasteiger partial charge in [0.15, 0.2) is 4.80 Å². The fraction of sp³-hybridized carbons (Fsp3) is 0.222. The van der Waals surface area contributed by atoms with Crippen LogP contribution < -0.4 is 14.3 Å². The molecule has 0 aliphatic rings. The number of carbonyl (C=O) groups is 1. The van der Waals surface area contributed by atoms with E-state index in [9.17, 15) is 14.9 Å². The topological polar surface area (TPSA) is 96.0 Å². The Morgan fingerprint density at radius 3 is 2.41 bits per heavy atom. The number of nitro groups is 1. The smallest absolute Gasteiger partial charge is 0.279 e. The van der Waals surface area contributed by atoms with Gasteiger partial charge in [-0.2, -0.15) is 4.99 Å². The Kier molecular flexibility index (Phi) is 5.22. The number of hydrogen-bond acceptors (Lipinski definition) is 6. The van der Waals surface area contributed by atoms with Gasteiger partial charge in [-0.05, 0) is 25.1 Å². The highest BCUT2D eigenvalue weighted by atomic mass is 32.1. The van der Waals surface area contributed by atoms with E-state index in [4.69, 9.17) is 9.47 Å². The van der Waals surface area contributed by atoms with E-state index in [0.717, 1.165) is 5.52 Å². The van der Waals surface area contributed by atoms with Crippen LogP contribution in [-0.4, -0.2) is 29.6 Å². The second-order valence-corrected chi connectivity index (χ2v) is 6.57. The minimum absolute atomic E-state index is 0.00223. The highest BCUT2D eigenvalue weighted by molar-refractivity contribution is 7.16. The van der Waals surface area contributed by atoms with E-state index in [-0.39, 0.29) is 5.69 Å². The van der Waals surface area contributed by atoms with Gasteiger partial charge in [0.1, 0.15) is 11.5 Å². The lowest BCUT2D eigenvalue weighted by Crippen LogP contribution is -2.16. The van der Waals surface area contributed by atoms with Gasteiger partial charge in [-0.1, -0.05) is 11.3 Å². The first-order chi connectivity index (χ1) is 13.0. The molecule has 0 saturated carbocycles. The van der Waals surface area contributed by atoms with E-state index in [1.807, 2.05) is 11.5 Å². The zero-order valence-corrected chi connectivity index (χ0v) is 15.8. The monoisotopic (exact) mass is 387 g/mol. The average Bonchev–Trinajstić information content (AvgIpc) is 3.03. The highest BCUT2D eigenvalue weighted by Gasteiger charge is 2.13. The molecule has 3 aromatic rings. The predicted octanol–water partition coefficient (Wildman–Crippen LogP) is 3.39. The number of methoxy groups -OCH3 is 2. The number of aromatic nitrogens is 1. The number of benzene rings is 2. The molecular formula is C18H17N3O5S.